The molecule has 0 saturated heterocycles. The fourth-order valence-corrected chi connectivity index (χ4v) is 9.73. The number of rotatable bonds is 10. The quantitative estimate of drug-likeness (QED) is 0.198. The van der Waals surface area contributed by atoms with Gasteiger partial charge >= 0.3 is 12.0 Å². The molecule has 4 aliphatic rings. The molecule has 0 spiro atoms. The molecule has 0 unspecified atom stereocenters. The molecule has 0 bridgehead atoms. The normalized spacial score (nSPS) is 42.0. The van der Waals surface area contributed by atoms with Crippen LogP contribution in [0.15, 0.2) is 0 Å². The van der Waals surface area contributed by atoms with Crippen molar-refractivity contribution in [3.63, 3.8) is 0 Å². The molecule has 0 aromatic rings. The molecule has 4 fully saturated rings. The van der Waals surface area contributed by atoms with Crippen molar-refractivity contribution in [3.05, 3.63) is 0 Å². The molecule has 228 valence electrons. The number of amides is 3. The van der Waals surface area contributed by atoms with Crippen LogP contribution in [-0.2, 0) is 9.59 Å². The van der Waals surface area contributed by atoms with Crippen molar-refractivity contribution < 1.29 is 34.8 Å². The number of aliphatic hydroxyl groups is 3. The lowest BCUT2D eigenvalue weighted by Gasteiger charge is -2.63. The van der Waals surface area contributed by atoms with E-state index in [1.54, 1.807) is 0 Å². The average molecular weight is 566 g/mol. The van der Waals surface area contributed by atoms with E-state index in [-0.39, 0.29) is 77.7 Å². The number of hydrogen-bond donors (Lipinski definition) is 7. The standard InChI is InChI=1S/C30H51N3O7/c1-16(6-9-25(37)33-22(27(38)39)5-4-12-32-28(31)40)19-7-8-20-26-21(15-24(36)30(19,20)3)29(2)11-10-18(34)13-17(29)14-23(26)35/h16-24,26,34-36H,4-15H2,1-3H3,(H,33,37)(H,38,39)(H3,31,32,40)/t16-,17+,18-,19-,20+,21+,22+,23-,24+,26+,29+,30-/m1/s1. The zero-order valence-electron chi connectivity index (χ0n) is 24.3. The summed E-state index contributed by atoms with van der Waals surface area (Å²) in [6.45, 7) is 6.90. The number of nitrogens with two attached hydrogens (primary N) is 1. The molecule has 0 radical (unpaired) electrons. The zero-order valence-corrected chi connectivity index (χ0v) is 24.3. The van der Waals surface area contributed by atoms with Gasteiger partial charge in [-0.25, -0.2) is 9.59 Å². The monoisotopic (exact) mass is 565 g/mol. The van der Waals surface area contributed by atoms with Gasteiger partial charge in [-0.3, -0.25) is 4.79 Å². The number of hydrogen-bond acceptors (Lipinski definition) is 6. The summed E-state index contributed by atoms with van der Waals surface area (Å²) in [4.78, 5) is 35.1. The first-order valence-corrected chi connectivity index (χ1v) is 15.4. The van der Waals surface area contributed by atoms with E-state index in [1.165, 1.54) is 0 Å². The number of aliphatic hydroxyl groups excluding tert-OH is 3. The first kappa shape index (κ1) is 31.0. The number of primary amides is 1. The Morgan fingerprint density at radius 1 is 1.00 bits per heavy atom. The number of nitrogens with one attached hydrogen (secondary N) is 2. The number of aliphatic carboxylic acids is 1. The van der Waals surface area contributed by atoms with Gasteiger partial charge in [0.15, 0.2) is 0 Å². The molecule has 3 amide bonds. The third-order valence-electron chi connectivity index (χ3n) is 11.9. The second-order valence-electron chi connectivity index (χ2n) is 13.9. The van der Waals surface area contributed by atoms with Crippen molar-refractivity contribution in [1.82, 2.24) is 10.6 Å². The van der Waals surface area contributed by atoms with Gasteiger partial charge in [0.2, 0.25) is 5.91 Å². The smallest absolute Gasteiger partial charge is 0.326 e. The SMILES string of the molecule is C[C@H](CCC(=O)N[C@@H](CCCNC(N)=O)C(=O)O)[C@H]1CC[C@H]2[C@@H]3[C@H](O)C[C@@H]4C[C@H](O)CC[C@]4(C)[C@H]3C[C@H](O)[C@]12C. The van der Waals surface area contributed by atoms with Crippen molar-refractivity contribution in [2.75, 3.05) is 6.54 Å². The summed E-state index contributed by atoms with van der Waals surface area (Å²) >= 11 is 0. The lowest BCUT2D eigenvalue weighted by Crippen LogP contribution is -2.62. The lowest BCUT2D eigenvalue weighted by molar-refractivity contribution is -0.207. The van der Waals surface area contributed by atoms with Crippen molar-refractivity contribution >= 4 is 17.9 Å². The summed E-state index contributed by atoms with van der Waals surface area (Å²) in [6.07, 6.45) is 5.94. The minimum atomic E-state index is -1.11. The van der Waals surface area contributed by atoms with Crippen LogP contribution in [0, 0.1) is 46.3 Å². The molecule has 10 nitrogen and oxygen atoms in total. The number of urea groups is 1. The van der Waals surface area contributed by atoms with E-state index in [9.17, 15) is 34.8 Å². The minimum absolute atomic E-state index is 0.0316. The molecular weight excluding hydrogens is 514 g/mol. The molecule has 40 heavy (non-hydrogen) atoms. The first-order chi connectivity index (χ1) is 18.8. The number of fused-ring (bicyclic) bond motifs is 5. The van der Waals surface area contributed by atoms with Gasteiger partial charge in [-0.1, -0.05) is 20.8 Å². The predicted octanol–water partition coefficient (Wildman–Crippen LogP) is 2.38. The molecule has 0 heterocycles. The van der Waals surface area contributed by atoms with E-state index in [2.05, 4.69) is 31.4 Å². The molecule has 10 heteroatoms. The highest BCUT2D eigenvalue weighted by Crippen LogP contribution is 2.68. The maximum Gasteiger partial charge on any atom is 0.326 e. The molecule has 4 aliphatic carbocycles. The van der Waals surface area contributed by atoms with Gasteiger partial charge in [0.05, 0.1) is 18.3 Å². The van der Waals surface area contributed by atoms with Crippen LogP contribution in [0.5, 0.6) is 0 Å². The van der Waals surface area contributed by atoms with Gasteiger partial charge in [0.25, 0.3) is 0 Å². The maximum absolute atomic E-state index is 12.7. The molecular formula is C30H51N3O7. The first-order valence-electron chi connectivity index (χ1n) is 15.4. The molecule has 12 atom stereocenters. The molecule has 8 N–H and O–H groups in total. The number of carbonyl (C=O) groups excluding carboxylic acids is 2. The highest BCUT2D eigenvalue weighted by molar-refractivity contribution is 5.83. The van der Waals surface area contributed by atoms with Gasteiger partial charge in [-0.05, 0) is 111 Å². The van der Waals surface area contributed by atoms with Crippen LogP contribution >= 0.6 is 0 Å². The van der Waals surface area contributed by atoms with Crippen LogP contribution in [0.1, 0.15) is 91.4 Å². The zero-order chi connectivity index (χ0) is 29.4. The van der Waals surface area contributed by atoms with E-state index in [1.807, 2.05) is 0 Å². The van der Waals surface area contributed by atoms with E-state index in [0.717, 1.165) is 38.5 Å². The van der Waals surface area contributed by atoms with E-state index < -0.39 is 30.3 Å². The van der Waals surface area contributed by atoms with Crippen LogP contribution in [0.2, 0.25) is 0 Å². The Hall–Kier alpha value is -1.91. The summed E-state index contributed by atoms with van der Waals surface area (Å²) < 4.78 is 0. The summed E-state index contributed by atoms with van der Waals surface area (Å²) in [5.41, 5.74) is 4.72. The maximum atomic E-state index is 12.7. The molecule has 4 saturated carbocycles. The van der Waals surface area contributed by atoms with Crippen molar-refractivity contribution in [1.29, 1.82) is 0 Å². The Balaban J connectivity index is 1.37. The fraction of sp³-hybridized carbons (Fsp3) is 0.900. The largest absolute Gasteiger partial charge is 0.480 e. The van der Waals surface area contributed by atoms with Crippen molar-refractivity contribution in [2.24, 2.45) is 52.1 Å². The van der Waals surface area contributed by atoms with E-state index in [0.29, 0.717) is 19.3 Å². The van der Waals surface area contributed by atoms with Crippen LogP contribution in [-0.4, -0.2) is 69.2 Å². The topological polar surface area (TPSA) is 182 Å². The highest BCUT2D eigenvalue weighted by Gasteiger charge is 2.65. The molecule has 0 aromatic carbocycles. The third-order valence-corrected chi connectivity index (χ3v) is 11.9. The summed E-state index contributed by atoms with van der Waals surface area (Å²) in [5.74, 6) is -0.168. The molecule has 0 aliphatic heterocycles. The van der Waals surface area contributed by atoms with Gasteiger partial charge in [-0.15, -0.1) is 0 Å². The number of carboxylic acids is 1. The van der Waals surface area contributed by atoms with Crippen molar-refractivity contribution in [3.8, 4) is 0 Å². The van der Waals surface area contributed by atoms with Crippen LogP contribution in [0.3, 0.4) is 0 Å². The van der Waals surface area contributed by atoms with E-state index >= 15 is 0 Å². The second-order valence-corrected chi connectivity index (χ2v) is 13.9. The van der Waals surface area contributed by atoms with Gasteiger partial charge < -0.3 is 36.8 Å². The average Bonchev–Trinajstić information content (AvgIpc) is 3.24. The highest BCUT2D eigenvalue weighted by atomic mass is 16.4. The summed E-state index contributed by atoms with van der Waals surface area (Å²) in [7, 11) is 0. The Kier molecular flexibility index (Phi) is 9.42. The third kappa shape index (κ3) is 5.86. The Morgan fingerprint density at radius 3 is 2.40 bits per heavy atom. The van der Waals surface area contributed by atoms with Crippen LogP contribution < -0.4 is 16.4 Å². The fourth-order valence-electron chi connectivity index (χ4n) is 9.73. The number of carbonyl (C=O) groups is 3. The minimum Gasteiger partial charge on any atom is -0.480 e. The van der Waals surface area contributed by atoms with Gasteiger partial charge in [0, 0.05) is 13.0 Å². The van der Waals surface area contributed by atoms with Crippen molar-refractivity contribution in [2.45, 2.75) is 116 Å². The molecule has 4 rings (SSSR count). The summed E-state index contributed by atoms with van der Waals surface area (Å²) in [6, 6.07) is -1.70. The predicted molar refractivity (Wildman–Crippen MR) is 149 cm³/mol. The number of carboxylic acid groups (broad SMARTS) is 1. The van der Waals surface area contributed by atoms with Gasteiger partial charge in [-0.2, -0.15) is 0 Å². The Bertz CT molecular complexity index is 948. The van der Waals surface area contributed by atoms with Crippen LogP contribution in [0.25, 0.3) is 0 Å². The lowest BCUT2D eigenvalue weighted by atomic mass is 9.43. The second kappa shape index (κ2) is 12.1. The Morgan fingerprint density at radius 2 is 1.73 bits per heavy atom. The summed E-state index contributed by atoms with van der Waals surface area (Å²) in [5, 5.41) is 48.0. The Labute approximate surface area is 237 Å². The van der Waals surface area contributed by atoms with Gasteiger partial charge in [0.1, 0.15) is 6.04 Å². The molecule has 0 aromatic heterocycles. The van der Waals surface area contributed by atoms with Crippen LogP contribution in [0.4, 0.5) is 4.79 Å². The van der Waals surface area contributed by atoms with E-state index in [4.69, 9.17) is 5.73 Å².